The first-order valence-electron chi connectivity index (χ1n) is 8.15. The summed E-state index contributed by atoms with van der Waals surface area (Å²) in [6.07, 6.45) is 0. The predicted octanol–water partition coefficient (Wildman–Crippen LogP) is 3.59. The summed E-state index contributed by atoms with van der Waals surface area (Å²) in [7, 11) is 0. The first kappa shape index (κ1) is 17.2. The summed E-state index contributed by atoms with van der Waals surface area (Å²) in [4.78, 5) is 13.0. The molecular weight excluding hydrogens is 330 g/mol. The normalized spacial score (nSPS) is 19.8. The molecule has 0 bridgehead atoms. The van der Waals surface area contributed by atoms with Crippen LogP contribution in [-0.2, 0) is 4.79 Å². The molecule has 1 saturated heterocycles. The van der Waals surface area contributed by atoms with Crippen LogP contribution in [0, 0.1) is 19.8 Å². The highest BCUT2D eigenvalue weighted by Gasteiger charge is 2.36. The quantitative estimate of drug-likeness (QED) is 0.740. The van der Waals surface area contributed by atoms with Crippen molar-refractivity contribution in [3.63, 3.8) is 0 Å². The Morgan fingerprint density at radius 1 is 1.16 bits per heavy atom. The largest absolute Gasteiger partial charge is 0.354 e. The van der Waals surface area contributed by atoms with Crippen LogP contribution in [0.2, 0.25) is 0 Å². The van der Waals surface area contributed by atoms with Crippen molar-refractivity contribution in [2.45, 2.75) is 19.9 Å². The van der Waals surface area contributed by atoms with E-state index in [2.05, 4.69) is 22.5 Å². The SMILES string of the molecule is C=C1NC(=S)N[C@H](c2ccccc2)[C@@H]1C(=O)Nc1ccc(C)cc1C. The van der Waals surface area contributed by atoms with Gasteiger partial charge in [-0.1, -0.05) is 54.6 Å². The van der Waals surface area contributed by atoms with Gasteiger partial charge in [0.15, 0.2) is 5.11 Å². The molecule has 0 spiro atoms. The van der Waals surface area contributed by atoms with Crippen LogP contribution in [0.25, 0.3) is 0 Å². The molecule has 0 unspecified atom stereocenters. The van der Waals surface area contributed by atoms with E-state index in [1.54, 1.807) is 0 Å². The zero-order valence-corrected chi connectivity index (χ0v) is 15.1. The summed E-state index contributed by atoms with van der Waals surface area (Å²) in [5.74, 6) is -0.594. The van der Waals surface area contributed by atoms with Crippen molar-refractivity contribution in [1.29, 1.82) is 0 Å². The van der Waals surface area contributed by atoms with E-state index in [4.69, 9.17) is 12.2 Å². The van der Waals surface area contributed by atoms with Gasteiger partial charge in [-0.3, -0.25) is 4.79 Å². The Hall–Kier alpha value is -2.66. The van der Waals surface area contributed by atoms with Gasteiger partial charge in [-0.25, -0.2) is 0 Å². The van der Waals surface area contributed by atoms with E-state index in [1.165, 1.54) is 0 Å². The van der Waals surface area contributed by atoms with Crippen molar-refractivity contribution < 1.29 is 4.79 Å². The molecule has 1 fully saturated rings. The molecule has 3 rings (SSSR count). The Morgan fingerprint density at radius 3 is 2.56 bits per heavy atom. The third kappa shape index (κ3) is 3.72. The molecule has 2 aromatic rings. The first-order valence-corrected chi connectivity index (χ1v) is 8.56. The lowest BCUT2D eigenvalue weighted by atomic mass is 9.88. The van der Waals surface area contributed by atoms with Crippen LogP contribution < -0.4 is 16.0 Å². The fraction of sp³-hybridized carbons (Fsp3) is 0.200. The van der Waals surface area contributed by atoms with Gasteiger partial charge in [-0.2, -0.15) is 0 Å². The average Bonchev–Trinajstić information content (AvgIpc) is 2.57. The van der Waals surface area contributed by atoms with Crippen molar-refractivity contribution >= 4 is 28.9 Å². The van der Waals surface area contributed by atoms with E-state index in [-0.39, 0.29) is 11.9 Å². The molecule has 1 amide bonds. The van der Waals surface area contributed by atoms with Gasteiger partial charge in [0.2, 0.25) is 5.91 Å². The molecule has 25 heavy (non-hydrogen) atoms. The minimum Gasteiger partial charge on any atom is -0.354 e. The van der Waals surface area contributed by atoms with Crippen LogP contribution in [0.5, 0.6) is 0 Å². The zero-order valence-electron chi connectivity index (χ0n) is 14.3. The van der Waals surface area contributed by atoms with Crippen molar-refractivity contribution in [2.75, 3.05) is 5.32 Å². The third-order valence-corrected chi connectivity index (χ3v) is 4.57. The molecule has 4 nitrogen and oxygen atoms in total. The number of anilines is 1. The fourth-order valence-electron chi connectivity index (χ4n) is 3.10. The number of rotatable bonds is 3. The Labute approximate surface area is 153 Å². The molecule has 3 N–H and O–H groups in total. The number of amides is 1. The number of hydrogen-bond acceptors (Lipinski definition) is 2. The molecule has 5 heteroatoms. The molecule has 0 aliphatic carbocycles. The minimum absolute atomic E-state index is 0.117. The van der Waals surface area contributed by atoms with E-state index >= 15 is 0 Å². The first-order chi connectivity index (χ1) is 12.0. The zero-order chi connectivity index (χ0) is 18.0. The van der Waals surface area contributed by atoms with Gasteiger partial charge in [0.1, 0.15) is 5.92 Å². The standard InChI is InChI=1S/C20H21N3OS/c1-12-9-10-16(13(2)11-12)22-19(24)17-14(3)21-20(25)23-18(17)15-7-5-4-6-8-15/h4-11,17-18H,3H2,1-2H3,(H,22,24)(H2,21,23,25)/t17-,18-/m1/s1. The van der Waals surface area contributed by atoms with Crippen LogP contribution in [0.1, 0.15) is 22.7 Å². The Bertz CT molecular complexity index is 832. The highest BCUT2D eigenvalue weighted by molar-refractivity contribution is 7.80. The summed E-state index contributed by atoms with van der Waals surface area (Å²) in [6.45, 7) is 8.04. The van der Waals surface area contributed by atoms with Crippen LogP contribution >= 0.6 is 12.2 Å². The van der Waals surface area contributed by atoms with Gasteiger partial charge in [-0.15, -0.1) is 0 Å². The molecule has 0 aromatic heterocycles. The number of carbonyl (C=O) groups is 1. The highest BCUT2D eigenvalue weighted by atomic mass is 32.1. The smallest absolute Gasteiger partial charge is 0.235 e. The van der Waals surface area contributed by atoms with E-state index in [0.717, 1.165) is 22.4 Å². The topological polar surface area (TPSA) is 53.2 Å². The van der Waals surface area contributed by atoms with Gasteiger partial charge >= 0.3 is 0 Å². The monoisotopic (exact) mass is 351 g/mol. The maximum absolute atomic E-state index is 13.0. The number of nitrogens with one attached hydrogen (secondary N) is 3. The van der Waals surface area contributed by atoms with Gasteiger partial charge in [0.05, 0.1) is 6.04 Å². The van der Waals surface area contributed by atoms with E-state index in [0.29, 0.717) is 10.8 Å². The maximum Gasteiger partial charge on any atom is 0.235 e. The molecule has 1 aliphatic heterocycles. The van der Waals surface area contributed by atoms with Gasteiger partial charge < -0.3 is 16.0 Å². The second-order valence-corrected chi connectivity index (χ2v) is 6.71. The summed E-state index contributed by atoms with van der Waals surface area (Å²) in [5.41, 5.74) is 4.59. The molecule has 0 radical (unpaired) electrons. The molecule has 1 heterocycles. The van der Waals surface area contributed by atoms with Crippen LogP contribution in [0.4, 0.5) is 5.69 Å². The summed E-state index contributed by atoms with van der Waals surface area (Å²) >= 11 is 5.25. The Kier molecular flexibility index (Phi) is 4.86. The van der Waals surface area contributed by atoms with Gasteiger partial charge in [-0.05, 0) is 43.3 Å². The predicted molar refractivity (Wildman–Crippen MR) is 105 cm³/mol. The molecule has 2 atom stereocenters. The second kappa shape index (κ2) is 7.07. The molecule has 0 saturated carbocycles. The lowest BCUT2D eigenvalue weighted by Gasteiger charge is -2.35. The highest BCUT2D eigenvalue weighted by Crippen LogP contribution is 2.30. The minimum atomic E-state index is -0.477. The summed E-state index contributed by atoms with van der Waals surface area (Å²) in [6, 6.07) is 15.5. The van der Waals surface area contributed by atoms with Crippen molar-refractivity contribution in [3.8, 4) is 0 Å². The Morgan fingerprint density at radius 2 is 1.88 bits per heavy atom. The van der Waals surface area contributed by atoms with Crippen molar-refractivity contribution in [3.05, 3.63) is 77.5 Å². The molecule has 2 aromatic carbocycles. The molecule has 128 valence electrons. The number of benzene rings is 2. The lowest BCUT2D eigenvalue weighted by Crippen LogP contribution is -2.51. The van der Waals surface area contributed by atoms with Crippen LogP contribution in [-0.4, -0.2) is 11.0 Å². The van der Waals surface area contributed by atoms with Gasteiger partial charge in [0, 0.05) is 11.4 Å². The third-order valence-electron chi connectivity index (χ3n) is 4.35. The molecule has 1 aliphatic rings. The van der Waals surface area contributed by atoms with Crippen molar-refractivity contribution in [2.24, 2.45) is 5.92 Å². The lowest BCUT2D eigenvalue weighted by molar-refractivity contribution is -0.119. The van der Waals surface area contributed by atoms with E-state index in [1.807, 2.05) is 62.4 Å². The van der Waals surface area contributed by atoms with Gasteiger partial charge in [0.25, 0.3) is 0 Å². The second-order valence-electron chi connectivity index (χ2n) is 6.30. The summed E-state index contributed by atoms with van der Waals surface area (Å²) < 4.78 is 0. The number of aryl methyl sites for hydroxylation is 2. The number of carbonyl (C=O) groups excluding carboxylic acids is 1. The molecular formula is C20H21N3OS. The van der Waals surface area contributed by atoms with E-state index in [9.17, 15) is 4.79 Å². The summed E-state index contributed by atoms with van der Waals surface area (Å²) in [5, 5.41) is 9.70. The van der Waals surface area contributed by atoms with E-state index < -0.39 is 5.92 Å². The average molecular weight is 351 g/mol. The fourth-order valence-corrected chi connectivity index (χ4v) is 3.35. The van der Waals surface area contributed by atoms with Crippen LogP contribution in [0.15, 0.2) is 60.8 Å². The maximum atomic E-state index is 13.0. The number of thiocarbonyl (C=S) groups is 1. The van der Waals surface area contributed by atoms with Crippen molar-refractivity contribution in [1.82, 2.24) is 10.6 Å². The van der Waals surface area contributed by atoms with Crippen LogP contribution in [0.3, 0.4) is 0 Å². The number of hydrogen-bond donors (Lipinski definition) is 3. The Balaban J connectivity index is 1.89.